The first-order valence-corrected chi connectivity index (χ1v) is 8.25. The molecule has 112 valence electrons. The van der Waals surface area contributed by atoms with Crippen LogP contribution in [-0.4, -0.2) is 17.7 Å². The maximum absolute atomic E-state index is 12.0. The van der Waals surface area contributed by atoms with Gasteiger partial charge in [0.2, 0.25) is 5.91 Å². The van der Waals surface area contributed by atoms with Crippen LogP contribution >= 0.6 is 0 Å². The van der Waals surface area contributed by atoms with E-state index in [1.54, 1.807) is 6.92 Å². The zero-order valence-electron chi connectivity index (χ0n) is 12.8. The van der Waals surface area contributed by atoms with E-state index in [9.17, 15) is 9.59 Å². The highest BCUT2D eigenvalue weighted by atomic mass is 16.2. The first-order chi connectivity index (χ1) is 9.47. The summed E-state index contributed by atoms with van der Waals surface area (Å²) >= 11 is 0. The molecule has 4 rings (SSSR count). The molecule has 20 heavy (non-hydrogen) atoms. The highest BCUT2D eigenvalue weighted by Gasteiger charge is 2.53. The van der Waals surface area contributed by atoms with Crippen LogP contribution in [0.15, 0.2) is 0 Å². The number of ketones is 1. The van der Waals surface area contributed by atoms with Crippen LogP contribution in [-0.2, 0) is 9.59 Å². The van der Waals surface area contributed by atoms with Gasteiger partial charge in [-0.15, -0.1) is 0 Å². The number of amides is 1. The van der Waals surface area contributed by atoms with Crippen LogP contribution in [0.2, 0.25) is 0 Å². The van der Waals surface area contributed by atoms with Crippen molar-refractivity contribution >= 4 is 11.7 Å². The second-order valence-electron chi connectivity index (χ2n) is 7.77. The third-order valence-corrected chi connectivity index (χ3v) is 6.09. The number of hydrogen-bond donors (Lipinski definition) is 1. The minimum absolute atomic E-state index is 0.0587. The van der Waals surface area contributed by atoms with Crippen LogP contribution in [0.25, 0.3) is 0 Å². The molecule has 1 unspecified atom stereocenters. The molecule has 1 N–H and O–H groups in total. The number of nitrogens with one attached hydrogen (secondary N) is 1. The predicted molar refractivity (Wildman–Crippen MR) is 78.1 cm³/mol. The van der Waals surface area contributed by atoms with E-state index >= 15 is 0 Å². The van der Waals surface area contributed by atoms with Crippen LogP contribution in [0.5, 0.6) is 0 Å². The van der Waals surface area contributed by atoms with Crippen molar-refractivity contribution in [2.45, 2.75) is 71.3 Å². The standard InChI is InChI=1S/C17H27NO2/c1-11(19)3-4-16(20)18-12(2)17-8-13-5-14(9-17)7-15(6-13)10-17/h12-15H,3-10H2,1-2H3,(H,18,20). The van der Waals surface area contributed by atoms with Gasteiger partial charge >= 0.3 is 0 Å². The molecule has 0 aliphatic heterocycles. The Kier molecular flexibility index (Phi) is 3.64. The van der Waals surface area contributed by atoms with Crippen molar-refractivity contribution in [3.8, 4) is 0 Å². The van der Waals surface area contributed by atoms with E-state index in [0.717, 1.165) is 17.8 Å². The van der Waals surface area contributed by atoms with E-state index < -0.39 is 0 Å². The molecule has 0 spiro atoms. The summed E-state index contributed by atoms with van der Waals surface area (Å²) in [7, 11) is 0. The van der Waals surface area contributed by atoms with Gasteiger partial charge in [0, 0.05) is 18.9 Å². The molecule has 0 aromatic heterocycles. The SMILES string of the molecule is CC(=O)CCC(=O)NC(C)C12CC3CC(CC(C3)C1)C2. The summed E-state index contributed by atoms with van der Waals surface area (Å²) in [6, 6.07) is 0.273. The molecule has 0 aromatic carbocycles. The molecule has 1 amide bonds. The van der Waals surface area contributed by atoms with Gasteiger partial charge in [0.25, 0.3) is 0 Å². The van der Waals surface area contributed by atoms with Gasteiger partial charge in [-0.2, -0.15) is 0 Å². The highest BCUT2D eigenvalue weighted by molar-refractivity contribution is 5.83. The average molecular weight is 277 g/mol. The fraction of sp³-hybridized carbons (Fsp3) is 0.882. The third-order valence-electron chi connectivity index (χ3n) is 6.09. The predicted octanol–water partition coefficient (Wildman–Crippen LogP) is 3.08. The number of rotatable bonds is 5. The summed E-state index contributed by atoms with van der Waals surface area (Å²) in [5.41, 5.74) is 0.362. The molecule has 3 nitrogen and oxygen atoms in total. The fourth-order valence-corrected chi connectivity index (χ4v) is 5.46. The van der Waals surface area contributed by atoms with Gasteiger partial charge in [-0.3, -0.25) is 4.79 Å². The van der Waals surface area contributed by atoms with Gasteiger partial charge in [0.15, 0.2) is 0 Å². The number of carbonyl (C=O) groups is 2. The number of Topliss-reactive ketones (excluding diaryl/α,β-unsaturated/α-hetero) is 1. The van der Waals surface area contributed by atoms with Crippen LogP contribution in [0.4, 0.5) is 0 Å². The molecule has 1 atom stereocenters. The van der Waals surface area contributed by atoms with Gasteiger partial charge in [-0.1, -0.05) is 0 Å². The minimum Gasteiger partial charge on any atom is -0.353 e. The summed E-state index contributed by atoms with van der Waals surface area (Å²) in [5.74, 6) is 2.90. The lowest BCUT2D eigenvalue weighted by Crippen LogP contribution is -2.55. The summed E-state index contributed by atoms with van der Waals surface area (Å²) < 4.78 is 0. The largest absolute Gasteiger partial charge is 0.353 e. The minimum atomic E-state index is 0.0587. The number of hydrogen-bond acceptors (Lipinski definition) is 2. The molecule has 3 heteroatoms. The van der Waals surface area contributed by atoms with E-state index in [-0.39, 0.29) is 17.7 Å². The van der Waals surface area contributed by atoms with E-state index in [1.807, 2.05) is 0 Å². The summed E-state index contributed by atoms with van der Waals surface area (Å²) in [4.78, 5) is 23.0. The number of carbonyl (C=O) groups excluding carboxylic acids is 2. The Balaban J connectivity index is 1.60. The topological polar surface area (TPSA) is 46.2 Å². The lowest BCUT2D eigenvalue weighted by Gasteiger charge is -2.59. The quantitative estimate of drug-likeness (QED) is 0.839. The Bertz CT molecular complexity index is 380. The third kappa shape index (κ3) is 2.64. The van der Waals surface area contributed by atoms with Gasteiger partial charge in [0.1, 0.15) is 5.78 Å². The molecular weight excluding hydrogens is 250 g/mol. The lowest BCUT2D eigenvalue weighted by atomic mass is 9.48. The maximum atomic E-state index is 12.0. The van der Waals surface area contributed by atoms with Crippen LogP contribution in [0.3, 0.4) is 0 Å². The zero-order valence-corrected chi connectivity index (χ0v) is 12.8. The Labute approximate surface area is 121 Å². The maximum Gasteiger partial charge on any atom is 0.220 e. The van der Waals surface area contributed by atoms with E-state index in [4.69, 9.17) is 0 Å². The molecule has 4 bridgehead atoms. The zero-order chi connectivity index (χ0) is 14.3. The Morgan fingerprint density at radius 2 is 1.55 bits per heavy atom. The first kappa shape index (κ1) is 14.1. The van der Waals surface area contributed by atoms with Crippen LogP contribution in [0.1, 0.15) is 65.2 Å². The highest BCUT2D eigenvalue weighted by Crippen LogP contribution is 2.61. The molecule has 4 fully saturated rings. The molecule has 0 saturated heterocycles. The van der Waals surface area contributed by atoms with Crippen molar-refractivity contribution in [1.82, 2.24) is 5.32 Å². The van der Waals surface area contributed by atoms with Gasteiger partial charge < -0.3 is 10.1 Å². The first-order valence-electron chi connectivity index (χ1n) is 8.25. The van der Waals surface area contributed by atoms with Crippen molar-refractivity contribution < 1.29 is 9.59 Å². The summed E-state index contributed by atoms with van der Waals surface area (Å²) in [6.45, 7) is 3.74. The molecule has 4 aliphatic rings. The Hall–Kier alpha value is -0.860. The van der Waals surface area contributed by atoms with Crippen molar-refractivity contribution in [3.05, 3.63) is 0 Å². The molecule has 4 saturated carbocycles. The van der Waals surface area contributed by atoms with Gasteiger partial charge in [-0.05, 0) is 75.5 Å². The van der Waals surface area contributed by atoms with Crippen LogP contribution in [0, 0.1) is 23.2 Å². The summed E-state index contributed by atoms with van der Waals surface area (Å²) in [6.07, 6.45) is 8.97. The van der Waals surface area contributed by atoms with E-state index in [2.05, 4.69) is 12.2 Å². The molecule has 4 aliphatic carbocycles. The lowest BCUT2D eigenvalue weighted by molar-refractivity contribution is -0.128. The monoisotopic (exact) mass is 277 g/mol. The van der Waals surface area contributed by atoms with Gasteiger partial charge in [0.05, 0.1) is 0 Å². The Morgan fingerprint density at radius 3 is 2.00 bits per heavy atom. The van der Waals surface area contributed by atoms with Crippen molar-refractivity contribution in [1.29, 1.82) is 0 Å². The second kappa shape index (κ2) is 5.16. The van der Waals surface area contributed by atoms with E-state index in [0.29, 0.717) is 18.3 Å². The average Bonchev–Trinajstić information content (AvgIpc) is 2.34. The molecule has 0 aromatic rings. The Morgan fingerprint density at radius 1 is 1.05 bits per heavy atom. The molecule has 0 heterocycles. The smallest absolute Gasteiger partial charge is 0.220 e. The summed E-state index contributed by atoms with van der Waals surface area (Å²) in [5, 5.41) is 3.20. The molecule has 0 radical (unpaired) electrons. The second-order valence-corrected chi connectivity index (χ2v) is 7.77. The fourth-order valence-electron chi connectivity index (χ4n) is 5.46. The van der Waals surface area contributed by atoms with Gasteiger partial charge in [-0.25, -0.2) is 0 Å². The normalized spacial score (nSPS) is 39.6. The molecular formula is C17H27NO2. The van der Waals surface area contributed by atoms with Crippen molar-refractivity contribution in [2.24, 2.45) is 23.2 Å². The van der Waals surface area contributed by atoms with Crippen molar-refractivity contribution in [3.63, 3.8) is 0 Å². The van der Waals surface area contributed by atoms with E-state index in [1.165, 1.54) is 38.5 Å². The van der Waals surface area contributed by atoms with Crippen LogP contribution < -0.4 is 5.32 Å². The van der Waals surface area contributed by atoms with Crippen molar-refractivity contribution in [2.75, 3.05) is 0 Å².